The monoisotopic (exact) mass is 450 g/mol. The van der Waals surface area contributed by atoms with Crippen molar-refractivity contribution < 1.29 is 16.8 Å². The summed E-state index contributed by atoms with van der Waals surface area (Å²) in [6.45, 7) is 3.72. The van der Waals surface area contributed by atoms with Crippen LogP contribution in [0.3, 0.4) is 0 Å². The minimum absolute atomic E-state index is 0.0122. The number of hydrogen-bond donors (Lipinski definition) is 2. The zero-order valence-electron chi connectivity index (χ0n) is 14.8. The summed E-state index contributed by atoms with van der Waals surface area (Å²) in [6.07, 6.45) is 0.255. The predicted octanol–water partition coefficient (Wildman–Crippen LogP) is 3.26. The van der Waals surface area contributed by atoms with E-state index in [1.165, 1.54) is 12.1 Å². The van der Waals surface area contributed by atoms with Gasteiger partial charge < -0.3 is 0 Å². The molecule has 0 aliphatic rings. The molecule has 0 amide bonds. The highest BCUT2D eigenvalue weighted by Gasteiger charge is 2.19. The molecule has 2 aromatic rings. The van der Waals surface area contributed by atoms with Crippen LogP contribution >= 0.6 is 23.2 Å². The Morgan fingerprint density at radius 3 is 1.44 bits per heavy atom. The van der Waals surface area contributed by atoms with Gasteiger partial charge in [0.25, 0.3) is 0 Å². The minimum atomic E-state index is -3.77. The molecule has 2 rings (SSSR count). The molecule has 0 spiro atoms. The van der Waals surface area contributed by atoms with E-state index in [1.54, 1.807) is 24.3 Å². The Morgan fingerprint density at radius 1 is 0.741 bits per heavy atom. The van der Waals surface area contributed by atoms with Gasteiger partial charge in [-0.15, -0.1) is 0 Å². The van der Waals surface area contributed by atoms with Crippen LogP contribution in [-0.2, 0) is 20.0 Å². The van der Waals surface area contributed by atoms with Gasteiger partial charge in [0.2, 0.25) is 20.0 Å². The Kier molecular flexibility index (Phi) is 7.29. The molecule has 0 atom stereocenters. The fourth-order valence-corrected chi connectivity index (χ4v) is 5.65. The molecule has 0 radical (unpaired) electrons. The maximum absolute atomic E-state index is 12.3. The van der Waals surface area contributed by atoms with Crippen molar-refractivity contribution in [2.45, 2.75) is 30.1 Å². The van der Waals surface area contributed by atoms with Crippen molar-refractivity contribution >= 4 is 43.2 Å². The quantitative estimate of drug-likeness (QED) is 0.603. The molecular weight excluding hydrogens is 431 g/mol. The maximum Gasteiger partial charge on any atom is 0.242 e. The maximum atomic E-state index is 12.3. The van der Waals surface area contributed by atoms with Crippen LogP contribution in [-0.4, -0.2) is 29.9 Å². The van der Waals surface area contributed by atoms with E-state index in [-0.39, 0.29) is 39.3 Å². The third-order valence-electron chi connectivity index (χ3n) is 3.69. The Balaban J connectivity index is 1.91. The van der Waals surface area contributed by atoms with E-state index in [0.29, 0.717) is 0 Å². The summed E-state index contributed by atoms with van der Waals surface area (Å²) in [6, 6.07) is 9.30. The largest absolute Gasteiger partial charge is 0.242 e. The van der Waals surface area contributed by atoms with Crippen LogP contribution in [0.4, 0.5) is 0 Å². The fraction of sp³-hybridized carbons (Fsp3) is 0.294. The zero-order chi connectivity index (χ0) is 20.2. The second-order valence-electron chi connectivity index (χ2n) is 6.02. The van der Waals surface area contributed by atoms with E-state index in [0.717, 1.165) is 11.1 Å². The number of sulfonamides is 2. The van der Waals surface area contributed by atoms with Gasteiger partial charge in [0, 0.05) is 13.1 Å². The van der Waals surface area contributed by atoms with Gasteiger partial charge in [-0.25, -0.2) is 26.3 Å². The smallest absolute Gasteiger partial charge is 0.211 e. The molecule has 0 aromatic heterocycles. The van der Waals surface area contributed by atoms with Crippen LogP contribution < -0.4 is 9.44 Å². The van der Waals surface area contributed by atoms with Gasteiger partial charge in [0.05, 0.1) is 10.0 Å². The van der Waals surface area contributed by atoms with Gasteiger partial charge >= 0.3 is 0 Å². The van der Waals surface area contributed by atoms with Crippen molar-refractivity contribution in [3.63, 3.8) is 0 Å². The highest BCUT2D eigenvalue weighted by molar-refractivity contribution is 7.90. The third-order valence-corrected chi connectivity index (χ3v) is 7.58. The summed E-state index contributed by atoms with van der Waals surface area (Å²) in [4.78, 5) is -0.0245. The van der Waals surface area contributed by atoms with E-state index < -0.39 is 20.0 Å². The molecule has 2 aromatic carbocycles. The van der Waals surface area contributed by atoms with Crippen LogP contribution in [0.15, 0.2) is 46.2 Å². The molecule has 0 saturated carbocycles. The molecule has 2 N–H and O–H groups in total. The average molecular weight is 451 g/mol. The lowest BCUT2D eigenvalue weighted by molar-refractivity contribution is 0.572. The molecule has 0 unspecified atom stereocenters. The first-order chi connectivity index (χ1) is 12.5. The van der Waals surface area contributed by atoms with Crippen LogP contribution in [0, 0.1) is 13.8 Å². The summed E-state index contributed by atoms with van der Waals surface area (Å²) >= 11 is 12.0. The first kappa shape index (κ1) is 22.1. The summed E-state index contributed by atoms with van der Waals surface area (Å²) in [5, 5.41) is 0.273. The lowest BCUT2D eigenvalue weighted by Gasteiger charge is -2.10. The van der Waals surface area contributed by atoms with E-state index in [1.807, 2.05) is 13.8 Å². The molecule has 0 bridgehead atoms. The molecule has 6 nitrogen and oxygen atoms in total. The number of hydrogen-bond acceptors (Lipinski definition) is 4. The molecular formula is C17H20Cl2N2O4S2. The minimum Gasteiger partial charge on any atom is -0.211 e. The Morgan fingerprint density at radius 2 is 1.11 bits per heavy atom. The Labute approximate surface area is 170 Å². The molecule has 0 aliphatic heterocycles. The predicted molar refractivity (Wildman–Crippen MR) is 107 cm³/mol. The molecule has 0 aliphatic carbocycles. The zero-order valence-corrected chi connectivity index (χ0v) is 17.9. The summed E-state index contributed by atoms with van der Waals surface area (Å²) in [5.74, 6) is 0. The van der Waals surface area contributed by atoms with Crippen LogP contribution in [0.25, 0.3) is 0 Å². The summed E-state index contributed by atoms with van der Waals surface area (Å²) < 4.78 is 53.9. The Hall–Kier alpha value is -1.16. The van der Waals surface area contributed by atoms with Crippen molar-refractivity contribution in [1.29, 1.82) is 0 Å². The number of benzene rings is 2. The van der Waals surface area contributed by atoms with Gasteiger partial charge in [0.1, 0.15) is 9.79 Å². The van der Waals surface area contributed by atoms with Gasteiger partial charge in [-0.3, -0.25) is 0 Å². The van der Waals surface area contributed by atoms with Crippen LogP contribution in [0.1, 0.15) is 17.5 Å². The first-order valence-electron chi connectivity index (χ1n) is 8.04. The SMILES string of the molecule is Cc1ccc(S(=O)(=O)NCCCNS(=O)(=O)c2ccc(C)cc2Cl)c(Cl)c1. The topological polar surface area (TPSA) is 92.3 Å². The molecule has 0 heterocycles. The number of aryl methyl sites for hydroxylation is 2. The van der Waals surface area contributed by atoms with E-state index in [2.05, 4.69) is 9.44 Å². The Bertz CT molecular complexity index is 955. The van der Waals surface area contributed by atoms with Gasteiger partial charge in [-0.2, -0.15) is 0 Å². The number of rotatable bonds is 8. The van der Waals surface area contributed by atoms with E-state index >= 15 is 0 Å². The molecule has 0 saturated heterocycles. The lowest BCUT2D eigenvalue weighted by atomic mass is 10.2. The number of nitrogens with one attached hydrogen (secondary N) is 2. The molecule has 148 valence electrons. The van der Waals surface area contributed by atoms with Crippen LogP contribution in [0.2, 0.25) is 10.0 Å². The van der Waals surface area contributed by atoms with Crippen molar-refractivity contribution in [2.75, 3.05) is 13.1 Å². The van der Waals surface area contributed by atoms with Crippen molar-refractivity contribution in [2.24, 2.45) is 0 Å². The highest BCUT2D eigenvalue weighted by atomic mass is 35.5. The number of halogens is 2. The fourth-order valence-electron chi connectivity index (χ4n) is 2.30. The van der Waals surface area contributed by atoms with Crippen molar-refractivity contribution in [3.05, 3.63) is 57.6 Å². The average Bonchev–Trinajstić information content (AvgIpc) is 2.53. The first-order valence-corrected chi connectivity index (χ1v) is 11.8. The summed E-state index contributed by atoms with van der Waals surface area (Å²) in [7, 11) is -7.54. The van der Waals surface area contributed by atoms with Crippen molar-refractivity contribution in [1.82, 2.24) is 9.44 Å². The highest BCUT2D eigenvalue weighted by Crippen LogP contribution is 2.23. The van der Waals surface area contributed by atoms with E-state index in [4.69, 9.17) is 23.2 Å². The standard InChI is InChI=1S/C17H20Cl2N2O4S2/c1-12-4-6-16(14(18)10-12)26(22,23)20-8-3-9-21-27(24,25)17-7-5-13(2)11-15(17)19/h4-7,10-11,20-21H,3,8-9H2,1-2H3. The van der Waals surface area contributed by atoms with Gasteiger partial charge in [-0.05, 0) is 55.7 Å². The second kappa shape index (κ2) is 8.89. The lowest BCUT2D eigenvalue weighted by Crippen LogP contribution is -2.30. The van der Waals surface area contributed by atoms with Crippen LogP contribution in [0.5, 0.6) is 0 Å². The van der Waals surface area contributed by atoms with Gasteiger partial charge in [-0.1, -0.05) is 35.3 Å². The molecule has 10 heteroatoms. The molecule has 27 heavy (non-hydrogen) atoms. The van der Waals surface area contributed by atoms with Gasteiger partial charge in [0.15, 0.2) is 0 Å². The summed E-state index contributed by atoms with van der Waals surface area (Å²) in [5.41, 5.74) is 1.70. The normalized spacial score (nSPS) is 12.3. The van der Waals surface area contributed by atoms with Crippen molar-refractivity contribution in [3.8, 4) is 0 Å². The second-order valence-corrected chi connectivity index (χ2v) is 10.3. The van der Waals surface area contributed by atoms with E-state index in [9.17, 15) is 16.8 Å². The third kappa shape index (κ3) is 5.91. The molecule has 0 fully saturated rings.